The number of likely N-dealkylation sites (tertiary alicyclic amines) is 1. The van der Waals surface area contributed by atoms with Crippen LogP contribution in [0.1, 0.15) is 38.2 Å². The number of methoxy groups -OCH3 is 1. The number of carbonyl (C=O) groups excluding carboxylic acids is 2. The molecule has 1 aliphatic heterocycles. The minimum atomic E-state index is -1.71. The SMILES string of the molecule is COc1cccc([C@]23CCN(C(=O)OCC(Cl)(Cl)Cl)C[C@]2(O)CCC(OC(C)=O)C3)c1. The van der Waals surface area contributed by atoms with Crippen molar-refractivity contribution in [3.05, 3.63) is 29.8 Å². The zero-order valence-electron chi connectivity index (χ0n) is 17.4. The number of amides is 1. The first-order valence-corrected chi connectivity index (χ1v) is 11.1. The number of β-amino-alcohol motifs (C(OH)–C–C–N with tert-alkyl or cyclic N) is 1. The van der Waals surface area contributed by atoms with E-state index in [0.29, 0.717) is 38.0 Å². The molecule has 31 heavy (non-hydrogen) atoms. The van der Waals surface area contributed by atoms with E-state index in [4.69, 9.17) is 49.0 Å². The largest absolute Gasteiger partial charge is 0.497 e. The van der Waals surface area contributed by atoms with Gasteiger partial charge in [-0.25, -0.2) is 4.79 Å². The van der Waals surface area contributed by atoms with Gasteiger partial charge in [-0.1, -0.05) is 46.9 Å². The maximum absolute atomic E-state index is 12.5. The lowest BCUT2D eigenvalue weighted by Crippen LogP contribution is -2.66. The van der Waals surface area contributed by atoms with Gasteiger partial charge in [0.05, 0.1) is 19.3 Å². The molecule has 1 heterocycles. The van der Waals surface area contributed by atoms with Gasteiger partial charge in [0.15, 0.2) is 0 Å². The van der Waals surface area contributed by atoms with Crippen LogP contribution in [0.2, 0.25) is 0 Å². The molecule has 0 aromatic heterocycles. The van der Waals surface area contributed by atoms with Crippen molar-refractivity contribution in [2.75, 3.05) is 26.8 Å². The Bertz CT molecular complexity index is 832. The average Bonchev–Trinajstić information content (AvgIpc) is 2.71. The van der Waals surface area contributed by atoms with Crippen molar-refractivity contribution in [1.29, 1.82) is 0 Å². The molecule has 172 valence electrons. The van der Waals surface area contributed by atoms with Crippen LogP contribution in [-0.4, -0.2) is 64.4 Å². The molecule has 2 fully saturated rings. The lowest BCUT2D eigenvalue weighted by atomic mass is 9.55. The lowest BCUT2D eigenvalue weighted by Gasteiger charge is -2.57. The van der Waals surface area contributed by atoms with Gasteiger partial charge in [-0.05, 0) is 43.4 Å². The zero-order chi connectivity index (χ0) is 22.9. The van der Waals surface area contributed by atoms with Crippen molar-refractivity contribution in [2.45, 2.75) is 53.5 Å². The summed E-state index contributed by atoms with van der Waals surface area (Å²) >= 11 is 17.0. The molecule has 3 rings (SSSR count). The van der Waals surface area contributed by atoms with Crippen molar-refractivity contribution in [3.63, 3.8) is 0 Å². The maximum atomic E-state index is 12.5. The predicted octanol–water partition coefficient (Wildman–Crippen LogP) is 3.99. The van der Waals surface area contributed by atoms with Gasteiger partial charge in [0, 0.05) is 18.9 Å². The Hall–Kier alpha value is -1.41. The monoisotopic (exact) mass is 493 g/mol. The molecule has 0 spiro atoms. The molecule has 2 aliphatic rings. The Labute approximate surface area is 196 Å². The molecule has 7 nitrogen and oxygen atoms in total. The lowest BCUT2D eigenvalue weighted by molar-refractivity contribution is -0.166. The standard InChI is InChI=1S/C21H26Cl3NO6/c1-14(26)31-17-6-7-20(28)12-25(18(27)30-13-21(22,23)24)9-8-19(20,11-17)15-4-3-5-16(10-15)29-2/h3-5,10,17,28H,6-9,11-13H2,1-2H3/t17?,19-,20-/m1/s1. The summed E-state index contributed by atoms with van der Waals surface area (Å²) in [4.78, 5) is 25.6. The third-order valence-corrected chi connectivity index (χ3v) is 6.51. The van der Waals surface area contributed by atoms with Gasteiger partial charge >= 0.3 is 12.1 Å². The summed E-state index contributed by atoms with van der Waals surface area (Å²) in [7, 11) is 1.58. The molecule has 1 unspecified atom stereocenters. The highest BCUT2D eigenvalue weighted by molar-refractivity contribution is 6.67. The van der Waals surface area contributed by atoms with Crippen molar-refractivity contribution in [3.8, 4) is 5.75 Å². The van der Waals surface area contributed by atoms with Crippen LogP contribution in [0.15, 0.2) is 24.3 Å². The van der Waals surface area contributed by atoms with E-state index in [0.717, 1.165) is 5.56 Å². The number of aliphatic hydroxyl groups is 1. The van der Waals surface area contributed by atoms with Crippen LogP contribution in [0, 0.1) is 0 Å². The quantitative estimate of drug-likeness (QED) is 0.503. The first-order valence-electron chi connectivity index (χ1n) is 10.0. The van der Waals surface area contributed by atoms with Gasteiger partial charge in [-0.2, -0.15) is 0 Å². The summed E-state index contributed by atoms with van der Waals surface area (Å²) < 4.78 is 14.3. The van der Waals surface area contributed by atoms with E-state index in [-0.39, 0.29) is 25.2 Å². The molecule has 1 aliphatic carbocycles. The number of alkyl halides is 3. The molecule has 3 atom stereocenters. The van der Waals surface area contributed by atoms with Crippen LogP contribution in [-0.2, 0) is 19.7 Å². The van der Waals surface area contributed by atoms with Crippen LogP contribution in [0.4, 0.5) is 4.79 Å². The highest BCUT2D eigenvalue weighted by Gasteiger charge is 2.59. The van der Waals surface area contributed by atoms with Gasteiger partial charge in [0.2, 0.25) is 3.79 Å². The van der Waals surface area contributed by atoms with Crippen molar-refractivity contribution < 1.29 is 28.9 Å². The second kappa shape index (κ2) is 9.22. The Morgan fingerprint density at radius 2 is 2.03 bits per heavy atom. The van der Waals surface area contributed by atoms with Crippen molar-refractivity contribution in [1.82, 2.24) is 4.90 Å². The smallest absolute Gasteiger partial charge is 0.410 e. The van der Waals surface area contributed by atoms with Gasteiger partial charge in [-0.15, -0.1) is 0 Å². The fourth-order valence-corrected chi connectivity index (χ4v) is 4.95. The van der Waals surface area contributed by atoms with E-state index in [1.54, 1.807) is 7.11 Å². The molecule has 1 N–H and O–H groups in total. The van der Waals surface area contributed by atoms with E-state index in [1.165, 1.54) is 11.8 Å². The Kier molecular flexibility index (Phi) is 7.21. The van der Waals surface area contributed by atoms with E-state index in [2.05, 4.69) is 0 Å². The topological polar surface area (TPSA) is 85.3 Å². The number of fused-ring (bicyclic) bond motifs is 1. The van der Waals surface area contributed by atoms with Crippen LogP contribution >= 0.6 is 34.8 Å². The number of hydrogen-bond donors (Lipinski definition) is 1. The van der Waals surface area contributed by atoms with E-state index in [1.807, 2.05) is 24.3 Å². The molecule has 0 radical (unpaired) electrons. The fourth-order valence-electron chi connectivity index (χ4n) is 4.78. The van der Waals surface area contributed by atoms with E-state index >= 15 is 0 Å². The first-order chi connectivity index (χ1) is 14.5. The predicted molar refractivity (Wildman–Crippen MR) is 117 cm³/mol. The van der Waals surface area contributed by atoms with E-state index in [9.17, 15) is 14.7 Å². The fraction of sp³-hybridized carbons (Fsp3) is 0.619. The number of carbonyl (C=O) groups is 2. The molecule has 1 amide bonds. The maximum Gasteiger partial charge on any atom is 0.410 e. The first kappa shape index (κ1) is 24.2. The van der Waals surface area contributed by atoms with Crippen LogP contribution < -0.4 is 4.74 Å². The molecular weight excluding hydrogens is 469 g/mol. The van der Waals surface area contributed by atoms with Gasteiger partial charge < -0.3 is 24.2 Å². The molecule has 0 bridgehead atoms. The summed E-state index contributed by atoms with van der Waals surface area (Å²) in [6.45, 7) is 1.37. The van der Waals surface area contributed by atoms with Crippen LogP contribution in [0.5, 0.6) is 5.75 Å². The molecule has 1 saturated heterocycles. The second-order valence-electron chi connectivity index (χ2n) is 8.16. The van der Waals surface area contributed by atoms with E-state index < -0.39 is 20.9 Å². The number of piperidine rings is 1. The van der Waals surface area contributed by atoms with Crippen molar-refractivity contribution >= 4 is 46.9 Å². The Morgan fingerprint density at radius 1 is 1.29 bits per heavy atom. The molecule has 1 aromatic carbocycles. The molecule has 1 aromatic rings. The molecule has 1 saturated carbocycles. The number of halogens is 3. The summed E-state index contributed by atoms with van der Waals surface area (Å²) in [5.74, 6) is 0.303. The van der Waals surface area contributed by atoms with Gasteiger partial charge in [0.1, 0.15) is 18.5 Å². The van der Waals surface area contributed by atoms with Crippen molar-refractivity contribution in [2.24, 2.45) is 0 Å². The third kappa shape index (κ3) is 5.33. The highest BCUT2D eigenvalue weighted by Crippen LogP contribution is 2.52. The summed E-state index contributed by atoms with van der Waals surface area (Å²) in [5, 5.41) is 11.8. The number of nitrogens with zero attached hydrogens (tertiary/aromatic N) is 1. The van der Waals surface area contributed by atoms with Crippen LogP contribution in [0.25, 0.3) is 0 Å². The summed E-state index contributed by atoms with van der Waals surface area (Å²) in [6, 6.07) is 7.51. The zero-order valence-corrected chi connectivity index (χ0v) is 19.7. The van der Waals surface area contributed by atoms with Crippen LogP contribution in [0.3, 0.4) is 0 Å². The normalized spacial score (nSPS) is 28.5. The Morgan fingerprint density at radius 3 is 2.68 bits per heavy atom. The Balaban J connectivity index is 1.90. The highest BCUT2D eigenvalue weighted by atomic mass is 35.6. The number of esters is 1. The number of hydrogen-bond acceptors (Lipinski definition) is 6. The molecule has 10 heteroatoms. The van der Waals surface area contributed by atoms with Gasteiger partial charge in [0.25, 0.3) is 0 Å². The summed E-state index contributed by atoms with van der Waals surface area (Å²) in [6.07, 6.45) is 0.729. The third-order valence-electron chi connectivity index (χ3n) is 6.18. The van der Waals surface area contributed by atoms with Gasteiger partial charge in [-0.3, -0.25) is 4.79 Å². The minimum Gasteiger partial charge on any atom is -0.497 e. The number of ether oxygens (including phenoxy) is 3. The molecular formula is C21H26Cl3NO6. The second-order valence-corrected chi connectivity index (χ2v) is 10.7. The average molecular weight is 495 g/mol. The minimum absolute atomic E-state index is 0.0513. The summed E-state index contributed by atoms with van der Waals surface area (Å²) in [5.41, 5.74) is -1.11. The number of benzene rings is 1. The number of rotatable bonds is 4.